The largest absolute Gasteiger partial charge is 0.494 e. The third-order valence-corrected chi connectivity index (χ3v) is 3.33. The number of aryl methyl sites for hydroxylation is 1. The molecule has 0 amide bonds. The van der Waals surface area contributed by atoms with E-state index in [4.69, 9.17) is 21.4 Å². The minimum Gasteiger partial charge on any atom is -0.494 e. The van der Waals surface area contributed by atoms with Crippen LogP contribution < -0.4 is 4.74 Å². The molecule has 20 heavy (non-hydrogen) atoms. The molecule has 0 aliphatic carbocycles. The second-order valence-corrected chi connectivity index (χ2v) is 4.82. The van der Waals surface area contributed by atoms with E-state index in [-0.39, 0.29) is 10.6 Å². The molecule has 3 nitrogen and oxygen atoms in total. The maximum Gasteiger partial charge on any atom is 0.337 e. The molecule has 4 heteroatoms. The van der Waals surface area contributed by atoms with Crippen molar-refractivity contribution in [1.29, 1.82) is 0 Å². The Morgan fingerprint density at radius 2 is 2.00 bits per heavy atom. The molecular formula is C16H15ClO3. The summed E-state index contributed by atoms with van der Waals surface area (Å²) in [4.78, 5) is 11.0. The minimum absolute atomic E-state index is 0.110. The van der Waals surface area contributed by atoms with E-state index in [1.54, 1.807) is 12.1 Å². The summed E-state index contributed by atoms with van der Waals surface area (Å²) < 4.78 is 5.45. The number of rotatable bonds is 4. The predicted molar refractivity (Wildman–Crippen MR) is 79.8 cm³/mol. The molecule has 0 spiro atoms. The van der Waals surface area contributed by atoms with Crippen LogP contribution in [0.5, 0.6) is 5.75 Å². The lowest BCUT2D eigenvalue weighted by Crippen LogP contribution is -1.97. The third-order valence-electron chi connectivity index (χ3n) is 3.02. The number of halogens is 1. The highest BCUT2D eigenvalue weighted by molar-refractivity contribution is 6.33. The van der Waals surface area contributed by atoms with Crippen LogP contribution in [0.25, 0.3) is 11.1 Å². The number of hydrogen-bond acceptors (Lipinski definition) is 2. The summed E-state index contributed by atoms with van der Waals surface area (Å²) in [5.41, 5.74) is 3.06. The Morgan fingerprint density at radius 1 is 1.25 bits per heavy atom. The number of carboxylic acid groups (broad SMARTS) is 1. The Labute approximate surface area is 122 Å². The van der Waals surface area contributed by atoms with Crippen molar-refractivity contribution < 1.29 is 14.6 Å². The standard InChI is InChI=1S/C16H15ClO3/c1-3-20-12-5-7-13(10(2)8-12)11-4-6-14(16(18)19)15(17)9-11/h4-9H,3H2,1-2H3,(H,18,19). The van der Waals surface area contributed by atoms with Gasteiger partial charge < -0.3 is 9.84 Å². The van der Waals surface area contributed by atoms with Crippen LogP contribution in [-0.4, -0.2) is 17.7 Å². The van der Waals surface area contributed by atoms with E-state index in [1.807, 2.05) is 32.0 Å². The van der Waals surface area contributed by atoms with Crippen molar-refractivity contribution in [3.8, 4) is 16.9 Å². The fourth-order valence-electron chi connectivity index (χ4n) is 2.07. The van der Waals surface area contributed by atoms with Gasteiger partial charge in [-0.15, -0.1) is 0 Å². The zero-order chi connectivity index (χ0) is 14.7. The van der Waals surface area contributed by atoms with E-state index in [2.05, 4.69) is 0 Å². The maximum absolute atomic E-state index is 11.0. The van der Waals surface area contributed by atoms with Gasteiger partial charge >= 0.3 is 5.97 Å². The SMILES string of the molecule is CCOc1ccc(-c2ccc(C(=O)O)c(Cl)c2)c(C)c1. The smallest absolute Gasteiger partial charge is 0.337 e. The normalized spacial score (nSPS) is 10.3. The van der Waals surface area contributed by atoms with Crippen LogP contribution in [0.15, 0.2) is 36.4 Å². The van der Waals surface area contributed by atoms with Crippen LogP contribution in [-0.2, 0) is 0 Å². The average Bonchev–Trinajstić information content (AvgIpc) is 2.38. The van der Waals surface area contributed by atoms with Crippen LogP contribution in [0.3, 0.4) is 0 Å². The molecule has 0 radical (unpaired) electrons. The Balaban J connectivity index is 2.41. The van der Waals surface area contributed by atoms with Gasteiger partial charge in [0.05, 0.1) is 17.2 Å². The molecular weight excluding hydrogens is 276 g/mol. The molecule has 0 unspecified atom stereocenters. The second-order valence-electron chi connectivity index (χ2n) is 4.41. The predicted octanol–water partition coefficient (Wildman–Crippen LogP) is 4.41. The van der Waals surface area contributed by atoms with E-state index in [0.29, 0.717) is 6.61 Å². The van der Waals surface area contributed by atoms with Gasteiger partial charge in [-0.25, -0.2) is 4.79 Å². The molecule has 0 fully saturated rings. The highest BCUT2D eigenvalue weighted by Gasteiger charge is 2.11. The first kappa shape index (κ1) is 14.4. The Morgan fingerprint density at radius 3 is 2.55 bits per heavy atom. The Kier molecular flexibility index (Phi) is 4.30. The highest BCUT2D eigenvalue weighted by Crippen LogP contribution is 2.30. The van der Waals surface area contributed by atoms with Gasteiger partial charge in [0.2, 0.25) is 0 Å². The molecule has 2 rings (SSSR count). The Bertz CT molecular complexity index is 650. The minimum atomic E-state index is -1.02. The van der Waals surface area contributed by atoms with Gasteiger partial charge in [0.25, 0.3) is 0 Å². The summed E-state index contributed by atoms with van der Waals surface area (Å²) in [7, 11) is 0. The van der Waals surface area contributed by atoms with E-state index in [0.717, 1.165) is 22.4 Å². The van der Waals surface area contributed by atoms with Gasteiger partial charge in [0, 0.05) is 0 Å². The van der Waals surface area contributed by atoms with Gasteiger partial charge in [-0.05, 0) is 54.8 Å². The van der Waals surface area contributed by atoms with E-state index >= 15 is 0 Å². The molecule has 0 aliphatic heterocycles. The Hall–Kier alpha value is -2.00. The maximum atomic E-state index is 11.0. The molecule has 0 saturated carbocycles. The number of benzene rings is 2. The number of aromatic carboxylic acids is 1. The topological polar surface area (TPSA) is 46.5 Å². The molecule has 0 aliphatic rings. The summed E-state index contributed by atoms with van der Waals surface area (Å²) in [5.74, 6) is -0.202. The first-order valence-corrected chi connectivity index (χ1v) is 6.67. The first-order chi connectivity index (χ1) is 9.52. The lowest BCUT2D eigenvalue weighted by Gasteiger charge is -2.10. The van der Waals surface area contributed by atoms with Crippen LogP contribution >= 0.6 is 11.6 Å². The molecule has 0 bridgehead atoms. The number of ether oxygens (including phenoxy) is 1. The molecule has 104 valence electrons. The zero-order valence-corrected chi connectivity index (χ0v) is 12.1. The lowest BCUT2D eigenvalue weighted by molar-refractivity contribution is 0.0697. The number of carboxylic acids is 1. The van der Waals surface area contributed by atoms with Gasteiger partial charge in [0.15, 0.2) is 0 Å². The number of hydrogen-bond donors (Lipinski definition) is 1. The lowest BCUT2D eigenvalue weighted by atomic mass is 9.99. The van der Waals surface area contributed by atoms with Crippen LogP contribution in [0, 0.1) is 6.92 Å². The fourth-order valence-corrected chi connectivity index (χ4v) is 2.33. The quantitative estimate of drug-likeness (QED) is 0.907. The molecule has 0 atom stereocenters. The van der Waals surface area contributed by atoms with Crippen molar-refractivity contribution >= 4 is 17.6 Å². The highest BCUT2D eigenvalue weighted by atomic mass is 35.5. The van der Waals surface area contributed by atoms with E-state index in [1.165, 1.54) is 6.07 Å². The number of carbonyl (C=O) groups is 1. The zero-order valence-electron chi connectivity index (χ0n) is 11.3. The third kappa shape index (κ3) is 2.94. The van der Waals surface area contributed by atoms with Crippen molar-refractivity contribution in [2.45, 2.75) is 13.8 Å². The summed E-state index contributed by atoms with van der Waals surface area (Å²) in [6.45, 7) is 4.54. The van der Waals surface area contributed by atoms with E-state index < -0.39 is 5.97 Å². The molecule has 1 N–H and O–H groups in total. The van der Waals surface area contributed by atoms with Crippen molar-refractivity contribution in [3.63, 3.8) is 0 Å². The molecule has 0 heterocycles. The van der Waals surface area contributed by atoms with Gasteiger partial charge in [0.1, 0.15) is 5.75 Å². The summed E-state index contributed by atoms with van der Waals surface area (Å²) >= 11 is 6.00. The molecule has 0 saturated heterocycles. The summed E-state index contributed by atoms with van der Waals surface area (Å²) in [6.07, 6.45) is 0. The fraction of sp³-hybridized carbons (Fsp3) is 0.188. The van der Waals surface area contributed by atoms with Crippen LogP contribution in [0.1, 0.15) is 22.8 Å². The van der Waals surface area contributed by atoms with Crippen LogP contribution in [0.2, 0.25) is 5.02 Å². The van der Waals surface area contributed by atoms with Crippen molar-refractivity contribution in [2.24, 2.45) is 0 Å². The van der Waals surface area contributed by atoms with Crippen LogP contribution in [0.4, 0.5) is 0 Å². The monoisotopic (exact) mass is 290 g/mol. The molecule has 2 aromatic carbocycles. The molecule has 0 aromatic heterocycles. The van der Waals surface area contributed by atoms with Crippen molar-refractivity contribution in [2.75, 3.05) is 6.61 Å². The van der Waals surface area contributed by atoms with Gasteiger partial charge in [-0.1, -0.05) is 23.7 Å². The summed E-state index contributed by atoms with van der Waals surface area (Å²) in [6, 6.07) is 10.8. The van der Waals surface area contributed by atoms with Gasteiger partial charge in [-0.3, -0.25) is 0 Å². The van der Waals surface area contributed by atoms with E-state index in [9.17, 15) is 4.79 Å². The van der Waals surface area contributed by atoms with Crippen molar-refractivity contribution in [3.05, 3.63) is 52.5 Å². The van der Waals surface area contributed by atoms with Gasteiger partial charge in [-0.2, -0.15) is 0 Å². The van der Waals surface area contributed by atoms with Crippen molar-refractivity contribution in [1.82, 2.24) is 0 Å². The average molecular weight is 291 g/mol. The molecule has 2 aromatic rings. The first-order valence-electron chi connectivity index (χ1n) is 6.29. The second kappa shape index (κ2) is 5.97. The summed E-state index contributed by atoms with van der Waals surface area (Å²) in [5, 5.41) is 9.22.